The normalized spacial score (nSPS) is 12.2. The summed E-state index contributed by atoms with van der Waals surface area (Å²) in [6.45, 7) is 4.07. The lowest BCUT2D eigenvalue weighted by atomic mass is 10.3. The first-order valence-corrected chi connectivity index (χ1v) is 6.26. The van der Waals surface area contributed by atoms with E-state index in [9.17, 15) is 0 Å². The fourth-order valence-corrected chi connectivity index (χ4v) is 2.27. The Bertz CT molecular complexity index is 498. The number of thiazole rings is 1. The van der Waals surface area contributed by atoms with Crippen molar-refractivity contribution < 1.29 is 4.74 Å². The predicted octanol–water partition coefficient (Wildman–Crippen LogP) is 3.03. The van der Waals surface area contributed by atoms with E-state index in [2.05, 4.69) is 22.2 Å². The fourth-order valence-electron chi connectivity index (χ4n) is 1.46. The predicted molar refractivity (Wildman–Crippen MR) is 69.7 cm³/mol. The molecule has 1 unspecified atom stereocenters. The molecule has 17 heavy (non-hydrogen) atoms. The van der Waals surface area contributed by atoms with E-state index in [0.717, 1.165) is 16.5 Å². The summed E-state index contributed by atoms with van der Waals surface area (Å²) < 4.78 is 5.08. The average molecular weight is 249 g/mol. The number of ether oxygens (including phenoxy) is 1. The van der Waals surface area contributed by atoms with E-state index in [-0.39, 0.29) is 6.04 Å². The molecular formula is C12H15N3OS. The van der Waals surface area contributed by atoms with Gasteiger partial charge in [0.05, 0.1) is 13.2 Å². The Balaban J connectivity index is 2.09. The summed E-state index contributed by atoms with van der Waals surface area (Å²) in [5, 5.41) is 6.41. The third-order valence-electron chi connectivity index (χ3n) is 2.30. The molecule has 0 aromatic carbocycles. The van der Waals surface area contributed by atoms with E-state index >= 15 is 0 Å². The Morgan fingerprint density at radius 2 is 2.18 bits per heavy atom. The van der Waals surface area contributed by atoms with E-state index < -0.39 is 0 Å². The summed E-state index contributed by atoms with van der Waals surface area (Å²) in [5.41, 5.74) is 1.05. The Kier molecular flexibility index (Phi) is 3.58. The van der Waals surface area contributed by atoms with Gasteiger partial charge in [0.1, 0.15) is 10.8 Å². The molecule has 1 atom stereocenters. The van der Waals surface area contributed by atoms with Crippen molar-refractivity contribution >= 4 is 17.2 Å². The summed E-state index contributed by atoms with van der Waals surface area (Å²) in [5.74, 6) is 1.40. The van der Waals surface area contributed by atoms with Crippen molar-refractivity contribution in [3.8, 4) is 5.88 Å². The van der Waals surface area contributed by atoms with E-state index in [4.69, 9.17) is 4.74 Å². The van der Waals surface area contributed by atoms with Crippen LogP contribution in [0.5, 0.6) is 5.88 Å². The number of aromatic nitrogens is 2. The number of hydrogen-bond donors (Lipinski definition) is 1. The molecule has 90 valence electrons. The summed E-state index contributed by atoms with van der Waals surface area (Å²) >= 11 is 1.65. The summed E-state index contributed by atoms with van der Waals surface area (Å²) in [6, 6.07) is 5.80. The molecule has 2 rings (SSSR count). The number of rotatable bonds is 4. The number of hydrogen-bond acceptors (Lipinski definition) is 5. The highest BCUT2D eigenvalue weighted by atomic mass is 32.1. The third kappa shape index (κ3) is 2.94. The number of nitrogens with one attached hydrogen (secondary N) is 1. The van der Waals surface area contributed by atoms with E-state index in [1.807, 2.05) is 30.5 Å². The van der Waals surface area contributed by atoms with E-state index in [0.29, 0.717) is 5.88 Å². The van der Waals surface area contributed by atoms with Crippen LogP contribution < -0.4 is 10.1 Å². The fraction of sp³-hybridized carbons (Fsp3) is 0.333. The van der Waals surface area contributed by atoms with Crippen molar-refractivity contribution in [3.05, 3.63) is 34.3 Å². The molecule has 4 nitrogen and oxygen atoms in total. The van der Waals surface area contributed by atoms with Crippen LogP contribution in [-0.4, -0.2) is 17.1 Å². The second-order valence-corrected chi connectivity index (χ2v) is 4.65. The zero-order chi connectivity index (χ0) is 12.3. The van der Waals surface area contributed by atoms with Gasteiger partial charge in [-0.1, -0.05) is 6.07 Å². The van der Waals surface area contributed by atoms with Crippen molar-refractivity contribution in [1.82, 2.24) is 9.97 Å². The quantitative estimate of drug-likeness (QED) is 0.904. The summed E-state index contributed by atoms with van der Waals surface area (Å²) in [7, 11) is 1.61. The van der Waals surface area contributed by atoms with Gasteiger partial charge in [0, 0.05) is 17.1 Å². The molecule has 0 saturated carbocycles. The van der Waals surface area contributed by atoms with Crippen LogP contribution in [0.1, 0.15) is 23.7 Å². The van der Waals surface area contributed by atoms with Crippen LogP contribution in [0.2, 0.25) is 0 Å². The van der Waals surface area contributed by atoms with Crippen LogP contribution in [0.25, 0.3) is 0 Å². The molecule has 0 aliphatic heterocycles. The van der Waals surface area contributed by atoms with Crippen LogP contribution in [0.15, 0.2) is 23.6 Å². The highest BCUT2D eigenvalue weighted by molar-refractivity contribution is 7.09. The molecule has 0 aliphatic carbocycles. The maximum absolute atomic E-state index is 5.08. The molecule has 2 heterocycles. The first-order valence-electron chi connectivity index (χ1n) is 5.38. The Morgan fingerprint density at radius 1 is 1.35 bits per heavy atom. The standard InChI is InChI=1S/C12H15N3OS/c1-8-7-17-12(13-8)9(2)14-10-5-4-6-11(15-10)16-3/h4-7,9H,1-3H3,(H,14,15). The van der Waals surface area contributed by atoms with Gasteiger partial charge in [-0.25, -0.2) is 4.98 Å². The van der Waals surface area contributed by atoms with Gasteiger partial charge in [0.25, 0.3) is 0 Å². The van der Waals surface area contributed by atoms with E-state index in [1.54, 1.807) is 18.4 Å². The van der Waals surface area contributed by atoms with Crippen LogP contribution in [-0.2, 0) is 0 Å². The smallest absolute Gasteiger partial charge is 0.214 e. The minimum atomic E-state index is 0.147. The zero-order valence-corrected chi connectivity index (χ0v) is 10.9. The van der Waals surface area contributed by atoms with Gasteiger partial charge in [-0.3, -0.25) is 0 Å². The molecular weight excluding hydrogens is 234 g/mol. The molecule has 2 aromatic heterocycles. The first kappa shape index (κ1) is 11.9. The lowest BCUT2D eigenvalue weighted by molar-refractivity contribution is 0.398. The molecule has 0 radical (unpaired) electrons. The summed E-state index contributed by atoms with van der Waals surface area (Å²) in [6.07, 6.45) is 0. The maximum atomic E-state index is 5.08. The van der Waals surface area contributed by atoms with Gasteiger partial charge in [-0.05, 0) is 19.9 Å². The lowest BCUT2D eigenvalue weighted by Crippen LogP contribution is -2.07. The highest BCUT2D eigenvalue weighted by Crippen LogP contribution is 2.22. The Labute approximate surface area is 105 Å². The second kappa shape index (κ2) is 5.14. The maximum Gasteiger partial charge on any atom is 0.214 e. The van der Waals surface area contributed by atoms with Crippen LogP contribution in [0.4, 0.5) is 5.82 Å². The number of nitrogens with zero attached hydrogens (tertiary/aromatic N) is 2. The number of anilines is 1. The first-order chi connectivity index (χ1) is 8.19. The van der Waals surface area contributed by atoms with Gasteiger partial charge in [0.2, 0.25) is 5.88 Å². The number of pyridine rings is 1. The van der Waals surface area contributed by atoms with Gasteiger partial charge in [-0.15, -0.1) is 11.3 Å². The second-order valence-electron chi connectivity index (χ2n) is 3.76. The average Bonchev–Trinajstić information content (AvgIpc) is 2.76. The molecule has 0 amide bonds. The van der Waals surface area contributed by atoms with Gasteiger partial charge in [0.15, 0.2) is 0 Å². The molecule has 0 saturated heterocycles. The number of aryl methyl sites for hydroxylation is 1. The molecule has 1 N–H and O–H groups in total. The Morgan fingerprint density at radius 3 is 2.82 bits per heavy atom. The van der Waals surface area contributed by atoms with E-state index in [1.165, 1.54) is 0 Å². The van der Waals surface area contributed by atoms with Crippen LogP contribution in [0, 0.1) is 6.92 Å². The van der Waals surface area contributed by atoms with Crippen LogP contribution in [0.3, 0.4) is 0 Å². The minimum Gasteiger partial charge on any atom is -0.481 e. The van der Waals surface area contributed by atoms with Crippen LogP contribution >= 0.6 is 11.3 Å². The largest absolute Gasteiger partial charge is 0.481 e. The minimum absolute atomic E-state index is 0.147. The third-order valence-corrected chi connectivity index (χ3v) is 3.45. The summed E-state index contributed by atoms with van der Waals surface area (Å²) in [4.78, 5) is 8.75. The molecule has 0 bridgehead atoms. The monoisotopic (exact) mass is 249 g/mol. The van der Waals surface area contributed by atoms with Gasteiger partial charge < -0.3 is 10.1 Å². The molecule has 5 heteroatoms. The Hall–Kier alpha value is -1.62. The van der Waals surface area contributed by atoms with Crippen molar-refractivity contribution in [1.29, 1.82) is 0 Å². The SMILES string of the molecule is COc1cccc(NC(C)c2nc(C)cs2)n1. The molecule has 2 aromatic rings. The zero-order valence-electron chi connectivity index (χ0n) is 10.1. The lowest BCUT2D eigenvalue weighted by Gasteiger charge is -2.12. The topological polar surface area (TPSA) is 47.0 Å². The highest BCUT2D eigenvalue weighted by Gasteiger charge is 2.09. The van der Waals surface area contributed by atoms with Gasteiger partial charge in [-0.2, -0.15) is 4.98 Å². The number of methoxy groups -OCH3 is 1. The van der Waals surface area contributed by atoms with Crippen molar-refractivity contribution in [2.45, 2.75) is 19.9 Å². The van der Waals surface area contributed by atoms with Crippen molar-refractivity contribution in [2.75, 3.05) is 12.4 Å². The molecule has 0 spiro atoms. The van der Waals surface area contributed by atoms with Crippen molar-refractivity contribution in [2.24, 2.45) is 0 Å². The molecule has 0 aliphatic rings. The molecule has 0 fully saturated rings. The van der Waals surface area contributed by atoms with Gasteiger partial charge >= 0.3 is 0 Å². The van der Waals surface area contributed by atoms with Crippen molar-refractivity contribution in [3.63, 3.8) is 0 Å².